The van der Waals surface area contributed by atoms with E-state index in [0.29, 0.717) is 19.6 Å². The normalized spacial score (nSPS) is 11.0. The van der Waals surface area contributed by atoms with E-state index in [0.717, 1.165) is 33.4 Å². The summed E-state index contributed by atoms with van der Waals surface area (Å²) in [5, 5.41) is 11.2. The Hall–Kier alpha value is -5.84. The largest absolute Gasteiger partial charge is 0.370 e. The maximum Gasteiger partial charge on any atom is 0.321 e. The predicted octanol–water partition coefficient (Wildman–Crippen LogP) is 3.41. The van der Waals surface area contributed by atoms with Crippen molar-refractivity contribution in [3.05, 3.63) is 143 Å². The van der Waals surface area contributed by atoms with Gasteiger partial charge in [-0.25, -0.2) is 19.6 Å². The number of nitrogens with zero attached hydrogens (tertiary/aromatic N) is 2. The van der Waals surface area contributed by atoms with E-state index < -0.39 is 6.03 Å². The Labute approximate surface area is 263 Å². The van der Waals surface area contributed by atoms with Gasteiger partial charge in [-0.05, 0) is 33.4 Å². The van der Waals surface area contributed by atoms with Crippen molar-refractivity contribution in [3.63, 3.8) is 0 Å². The lowest BCUT2D eigenvalue weighted by molar-refractivity contribution is 0.240. The molecule has 4 aromatic carbocycles. The summed E-state index contributed by atoms with van der Waals surface area (Å²) in [6, 6.07) is 34.7. The highest BCUT2D eigenvalue weighted by Crippen LogP contribution is 2.23. The number of nitrogens with two attached hydrogens (primary N) is 3. The third-order valence-corrected chi connectivity index (χ3v) is 6.88. The van der Waals surface area contributed by atoms with Gasteiger partial charge < -0.3 is 33.2 Å². The minimum atomic E-state index is -0.475. The van der Waals surface area contributed by atoms with Crippen molar-refractivity contribution in [1.29, 1.82) is 0 Å². The number of rotatable bonds is 12. The Morgan fingerprint density at radius 3 is 1.60 bits per heavy atom. The van der Waals surface area contributed by atoms with Crippen molar-refractivity contribution in [2.45, 2.75) is 32.1 Å². The first-order chi connectivity index (χ1) is 21.9. The summed E-state index contributed by atoms with van der Waals surface area (Å²) in [4.78, 5) is 33.3. The van der Waals surface area contributed by atoms with Crippen LogP contribution in [0.3, 0.4) is 0 Å². The summed E-state index contributed by atoms with van der Waals surface area (Å²) in [5.74, 6) is 0.0445. The van der Waals surface area contributed by atoms with Crippen molar-refractivity contribution >= 4 is 24.0 Å². The lowest BCUT2D eigenvalue weighted by atomic mass is 9.91. The predicted molar refractivity (Wildman–Crippen MR) is 178 cm³/mol. The number of hydrogen-bond donors (Lipinski definition) is 7. The van der Waals surface area contributed by atoms with Gasteiger partial charge >= 0.3 is 12.1 Å². The minimum absolute atomic E-state index is 0.0108. The summed E-state index contributed by atoms with van der Waals surface area (Å²) in [7, 11) is 0. The molecule has 0 aromatic heterocycles. The molecule has 11 nitrogen and oxygen atoms in total. The minimum Gasteiger partial charge on any atom is -0.370 e. The Kier molecular flexibility index (Phi) is 11.9. The van der Waals surface area contributed by atoms with Crippen LogP contribution in [0.1, 0.15) is 39.3 Å². The number of guanidine groups is 2. The molecule has 0 heterocycles. The number of carbonyl (C=O) groups is 2. The molecule has 4 amide bonds. The molecule has 0 aliphatic heterocycles. The van der Waals surface area contributed by atoms with E-state index in [1.54, 1.807) is 0 Å². The molecule has 0 bridgehead atoms. The van der Waals surface area contributed by atoms with Crippen LogP contribution in [0.25, 0.3) is 0 Å². The smallest absolute Gasteiger partial charge is 0.321 e. The van der Waals surface area contributed by atoms with Gasteiger partial charge in [0.25, 0.3) is 0 Å². The molecule has 0 radical (unpaired) electrons. The molecule has 0 unspecified atom stereocenters. The molecule has 0 atom stereocenters. The molecule has 0 spiro atoms. The van der Waals surface area contributed by atoms with Gasteiger partial charge in [-0.3, -0.25) is 5.32 Å². The number of aliphatic imine (C=N–C) groups is 2. The number of carbonyl (C=O) groups excluding carboxylic acids is 2. The fourth-order valence-corrected chi connectivity index (χ4v) is 4.66. The molecule has 0 fully saturated rings. The second kappa shape index (κ2) is 16.7. The standard InChI is InChI=1S/C34H39N9O2/c35-31(36)38-19-24-9-7-12-27(17-24)22-41-34(45)43-32(37)39-20-25-10-8-11-26(18-25)21-40-33(44)42-23-30(28-13-3-1-4-14-28)29-15-5-2-6-16-29/h1-18,30H,19-23H2,(H4,35,36,38)(H2,40,42,44)(H4,37,39,41,43,45). The molecule has 0 aliphatic carbocycles. The van der Waals surface area contributed by atoms with Gasteiger partial charge in [0.1, 0.15) is 0 Å². The highest BCUT2D eigenvalue weighted by atomic mass is 16.2. The van der Waals surface area contributed by atoms with Gasteiger partial charge in [0.05, 0.1) is 13.1 Å². The van der Waals surface area contributed by atoms with Crippen LogP contribution >= 0.6 is 0 Å². The molecule has 0 aliphatic rings. The average Bonchev–Trinajstić information content (AvgIpc) is 3.06. The molecular weight excluding hydrogens is 566 g/mol. The SMILES string of the molecule is NC(N)=NCc1cccc(CNC(=O)NC(N)=NCc2cccc(CNC(=O)NCC(c3ccccc3)c3ccccc3)c2)c1. The molecule has 4 aromatic rings. The Morgan fingerprint density at radius 2 is 1.07 bits per heavy atom. The van der Waals surface area contributed by atoms with Crippen LogP contribution in [0.4, 0.5) is 9.59 Å². The number of urea groups is 2. The molecule has 11 heteroatoms. The van der Waals surface area contributed by atoms with Crippen LogP contribution in [-0.4, -0.2) is 30.5 Å². The van der Waals surface area contributed by atoms with Crippen molar-refractivity contribution in [1.82, 2.24) is 21.3 Å². The summed E-state index contributed by atoms with van der Waals surface area (Å²) < 4.78 is 0. The quantitative estimate of drug-likeness (QED) is 0.0962. The fourth-order valence-electron chi connectivity index (χ4n) is 4.66. The number of benzene rings is 4. The van der Waals surface area contributed by atoms with Crippen LogP contribution in [0, 0.1) is 0 Å². The van der Waals surface area contributed by atoms with Gasteiger partial charge in [0, 0.05) is 25.6 Å². The first-order valence-corrected chi connectivity index (χ1v) is 14.5. The first kappa shape index (κ1) is 32.1. The first-order valence-electron chi connectivity index (χ1n) is 14.5. The van der Waals surface area contributed by atoms with Crippen LogP contribution in [0.5, 0.6) is 0 Å². The lowest BCUT2D eigenvalue weighted by Crippen LogP contribution is -2.43. The topological polar surface area (TPSA) is 185 Å². The van der Waals surface area contributed by atoms with Crippen LogP contribution < -0.4 is 38.5 Å². The Morgan fingerprint density at radius 1 is 0.578 bits per heavy atom. The maximum atomic E-state index is 12.7. The van der Waals surface area contributed by atoms with E-state index in [2.05, 4.69) is 55.5 Å². The van der Waals surface area contributed by atoms with E-state index >= 15 is 0 Å². The van der Waals surface area contributed by atoms with E-state index in [9.17, 15) is 9.59 Å². The van der Waals surface area contributed by atoms with E-state index in [1.807, 2.05) is 84.9 Å². The average molecular weight is 606 g/mol. The summed E-state index contributed by atoms with van der Waals surface area (Å²) in [5.41, 5.74) is 22.6. The molecule has 0 saturated heterocycles. The van der Waals surface area contributed by atoms with Crippen molar-refractivity contribution in [2.24, 2.45) is 27.2 Å². The summed E-state index contributed by atoms with van der Waals surface area (Å²) in [6.07, 6.45) is 0. The zero-order valence-electron chi connectivity index (χ0n) is 24.9. The van der Waals surface area contributed by atoms with Crippen molar-refractivity contribution in [2.75, 3.05) is 6.54 Å². The van der Waals surface area contributed by atoms with Crippen LogP contribution in [-0.2, 0) is 26.2 Å². The van der Waals surface area contributed by atoms with Gasteiger partial charge in [0.2, 0.25) is 0 Å². The number of hydrogen-bond acceptors (Lipinski definition) is 4. The molecule has 4 rings (SSSR count). The monoisotopic (exact) mass is 605 g/mol. The molecule has 232 valence electrons. The van der Waals surface area contributed by atoms with Gasteiger partial charge in [-0.15, -0.1) is 0 Å². The Balaban J connectivity index is 1.22. The van der Waals surface area contributed by atoms with E-state index in [4.69, 9.17) is 17.2 Å². The molecule has 10 N–H and O–H groups in total. The zero-order chi connectivity index (χ0) is 31.9. The lowest BCUT2D eigenvalue weighted by Gasteiger charge is -2.19. The van der Waals surface area contributed by atoms with E-state index in [1.165, 1.54) is 0 Å². The Bertz CT molecular complexity index is 1570. The molecular formula is C34H39N9O2. The highest BCUT2D eigenvalue weighted by Gasteiger charge is 2.15. The van der Waals surface area contributed by atoms with Gasteiger partial charge in [-0.1, -0.05) is 109 Å². The highest BCUT2D eigenvalue weighted by molar-refractivity contribution is 5.95. The van der Waals surface area contributed by atoms with Crippen LogP contribution in [0.15, 0.2) is 119 Å². The zero-order valence-corrected chi connectivity index (χ0v) is 24.9. The summed E-state index contributed by atoms with van der Waals surface area (Å²) >= 11 is 0. The fraction of sp³-hybridized carbons (Fsp3) is 0.176. The van der Waals surface area contributed by atoms with Crippen molar-refractivity contribution < 1.29 is 9.59 Å². The number of nitrogens with one attached hydrogen (secondary N) is 4. The van der Waals surface area contributed by atoms with Gasteiger partial charge in [0.15, 0.2) is 11.9 Å². The molecule has 0 saturated carbocycles. The second-order valence-electron chi connectivity index (χ2n) is 10.3. The maximum absolute atomic E-state index is 12.7. The van der Waals surface area contributed by atoms with Gasteiger partial charge in [-0.2, -0.15) is 0 Å². The number of amides is 4. The molecule has 45 heavy (non-hydrogen) atoms. The summed E-state index contributed by atoms with van der Waals surface area (Å²) in [6.45, 7) is 1.70. The third-order valence-electron chi connectivity index (χ3n) is 6.88. The third kappa shape index (κ3) is 11.1. The second-order valence-corrected chi connectivity index (χ2v) is 10.3. The van der Waals surface area contributed by atoms with Crippen molar-refractivity contribution in [3.8, 4) is 0 Å². The van der Waals surface area contributed by atoms with E-state index in [-0.39, 0.29) is 37.0 Å². The van der Waals surface area contributed by atoms with Crippen LogP contribution in [0.2, 0.25) is 0 Å².